The molecule has 3 heterocycles. The highest BCUT2D eigenvalue weighted by molar-refractivity contribution is 5.89. The van der Waals surface area contributed by atoms with Crippen molar-refractivity contribution in [2.75, 3.05) is 6.54 Å². The van der Waals surface area contributed by atoms with Crippen LogP contribution in [0.3, 0.4) is 0 Å². The first-order chi connectivity index (χ1) is 13.7. The van der Waals surface area contributed by atoms with Crippen LogP contribution in [-0.2, 0) is 24.3 Å². The number of hydrogen-bond donors (Lipinski definition) is 0. The van der Waals surface area contributed by atoms with Crippen molar-refractivity contribution < 1.29 is 9.21 Å². The Labute approximate surface area is 163 Å². The molecule has 2 aliphatic rings. The van der Waals surface area contributed by atoms with Gasteiger partial charge in [0.1, 0.15) is 24.1 Å². The van der Waals surface area contributed by atoms with Crippen molar-refractivity contribution in [3.8, 4) is 6.07 Å². The van der Waals surface area contributed by atoms with Crippen LogP contribution >= 0.6 is 0 Å². The molecule has 0 saturated heterocycles. The van der Waals surface area contributed by atoms with Gasteiger partial charge in [0.2, 0.25) is 5.91 Å². The van der Waals surface area contributed by atoms with Crippen molar-refractivity contribution in [1.29, 1.82) is 5.26 Å². The van der Waals surface area contributed by atoms with Gasteiger partial charge in [0.25, 0.3) is 0 Å². The van der Waals surface area contributed by atoms with E-state index in [1.165, 1.54) is 6.42 Å². The molecule has 0 N–H and O–H groups in total. The number of para-hydroxylation sites is 1. The molecule has 0 radical (unpaired) electrons. The van der Waals surface area contributed by atoms with Gasteiger partial charge < -0.3 is 13.9 Å². The van der Waals surface area contributed by atoms with Crippen LogP contribution in [0, 0.1) is 18.3 Å². The number of benzene rings is 1. The number of oxazole rings is 1. The van der Waals surface area contributed by atoms with Crippen molar-refractivity contribution >= 4 is 16.8 Å². The van der Waals surface area contributed by atoms with Gasteiger partial charge in [-0.15, -0.1) is 0 Å². The minimum atomic E-state index is 0.0483. The third-order valence-electron chi connectivity index (χ3n) is 6.19. The average molecular weight is 374 g/mol. The van der Waals surface area contributed by atoms with Gasteiger partial charge in [-0.05, 0) is 25.8 Å². The second kappa shape index (κ2) is 6.52. The molecule has 0 bridgehead atoms. The highest BCUT2D eigenvalue weighted by atomic mass is 16.4. The fraction of sp³-hybridized carbons (Fsp3) is 0.409. The summed E-state index contributed by atoms with van der Waals surface area (Å²) >= 11 is 0. The predicted octanol–water partition coefficient (Wildman–Crippen LogP) is 3.66. The lowest BCUT2D eigenvalue weighted by atomic mass is 9.85. The molecule has 3 aromatic rings. The summed E-state index contributed by atoms with van der Waals surface area (Å²) in [5, 5.41) is 10.4. The first-order valence-corrected chi connectivity index (χ1v) is 9.90. The molecule has 2 aromatic heterocycles. The van der Waals surface area contributed by atoms with Crippen molar-refractivity contribution in [3.63, 3.8) is 0 Å². The third kappa shape index (κ3) is 2.62. The maximum atomic E-state index is 13.0. The molecule has 6 heteroatoms. The average Bonchev–Trinajstić information content (AvgIpc) is 3.18. The maximum Gasteiger partial charge on any atom is 0.242 e. The highest BCUT2D eigenvalue weighted by Crippen LogP contribution is 2.37. The first-order valence-electron chi connectivity index (χ1n) is 9.90. The van der Waals surface area contributed by atoms with E-state index in [9.17, 15) is 10.1 Å². The van der Waals surface area contributed by atoms with Gasteiger partial charge in [-0.3, -0.25) is 4.79 Å². The molecule has 0 atom stereocenters. The summed E-state index contributed by atoms with van der Waals surface area (Å²) in [5.41, 5.74) is 3.32. The molecule has 142 valence electrons. The molecular weight excluding hydrogens is 352 g/mol. The van der Waals surface area contributed by atoms with Crippen LogP contribution in [-0.4, -0.2) is 26.9 Å². The van der Waals surface area contributed by atoms with Crippen molar-refractivity contribution in [2.24, 2.45) is 0 Å². The fourth-order valence-corrected chi connectivity index (χ4v) is 4.27. The van der Waals surface area contributed by atoms with Crippen LogP contribution in [0.4, 0.5) is 0 Å². The monoisotopic (exact) mass is 374 g/mol. The SMILES string of the molecule is Cc1c(C#N)c2ccccc2n1CC(=O)N1CCc2oc(C3CCC3)nc2C1. The maximum absolute atomic E-state index is 13.0. The van der Waals surface area contributed by atoms with E-state index >= 15 is 0 Å². The zero-order valence-electron chi connectivity index (χ0n) is 15.9. The minimum Gasteiger partial charge on any atom is -0.445 e. The van der Waals surface area contributed by atoms with Gasteiger partial charge in [-0.2, -0.15) is 5.26 Å². The topological polar surface area (TPSA) is 75.1 Å². The molecule has 1 aliphatic heterocycles. The molecule has 6 nitrogen and oxygen atoms in total. The first kappa shape index (κ1) is 17.1. The largest absolute Gasteiger partial charge is 0.445 e. The van der Waals surface area contributed by atoms with Gasteiger partial charge in [0.15, 0.2) is 5.89 Å². The summed E-state index contributed by atoms with van der Waals surface area (Å²) in [5.74, 6) is 2.32. The fourth-order valence-electron chi connectivity index (χ4n) is 4.27. The normalized spacial score (nSPS) is 16.6. The van der Waals surface area contributed by atoms with Gasteiger partial charge in [-0.1, -0.05) is 24.6 Å². The Kier molecular flexibility index (Phi) is 3.97. The number of rotatable bonds is 3. The molecule has 1 fully saturated rings. The van der Waals surface area contributed by atoms with Crippen molar-refractivity contribution in [3.05, 3.63) is 52.9 Å². The summed E-state index contributed by atoms with van der Waals surface area (Å²) in [6.45, 7) is 3.29. The standard InChI is InChI=1S/C22H22N4O2/c1-14-17(11-23)16-7-2-3-8-19(16)26(14)13-21(27)25-10-9-20-18(12-25)24-22(28-20)15-5-4-6-15/h2-3,7-8,15H,4-6,9-10,12-13H2,1H3. The Bertz CT molecular complexity index is 1110. The van der Waals surface area contributed by atoms with Crippen LogP contribution in [0.1, 0.15) is 53.8 Å². The minimum absolute atomic E-state index is 0.0483. The highest BCUT2D eigenvalue weighted by Gasteiger charge is 2.30. The number of nitrogens with zero attached hydrogens (tertiary/aromatic N) is 4. The van der Waals surface area contributed by atoms with E-state index in [0.29, 0.717) is 24.6 Å². The van der Waals surface area contributed by atoms with E-state index in [1.807, 2.05) is 40.7 Å². The predicted molar refractivity (Wildman–Crippen MR) is 104 cm³/mol. The zero-order chi connectivity index (χ0) is 19.3. The number of hydrogen-bond acceptors (Lipinski definition) is 4. The molecule has 0 spiro atoms. The van der Waals surface area contributed by atoms with Gasteiger partial charge in [0.05, 0.1) is 17.6 Å². The van der Waals surface area contributed by atoms with Crippen LogP contribution < -0.4 is 0 Å². The van der Waals surface area contributed by atoms with Crippen LogP contribution in [0.15, 0.2) is 28.7 Å². The van der Waals surface area contributed by atoms with E-state index in [0.717, 1.165) is 53.2 Å². The molecule has 1 amide bonds. The number of aromatic nitrogens is 2. The Morgan fingerprint density at radius 2 is 2.18 bits per heavy atom. The summed E-state index contributed by atoms with van der Waals surface area (Å²) in [6, 6.07) is 10.0. The lowest BCUT2D eigenvalue weighted by Gasteiger charge is -2.26. The van der Waals surface area contributed by atoms with Crippen LogP contribution in [0.25, 0.3) is 10.9 Å². The van der Waals surface area contributed by atoms with Gasteiger partial charge >= 0.3 is 0 Å². The molecular formula is C22H22N4O2. The van der Waals surface area contributed by atoms with Gasteiger partial charge in [-0.25, -0.2) is 4.98 Å². The molecule has 28 heavy (non-hydrogen) atoms. The van der Waals surface area contributed by atoms with Crippen molar-refractivity contribution in [2.45, 2.75) is 51.6 Å². The Morgan fingerprint density at radius 3 is 2.93 bits per heavy atom. The number of nitriles is 1. The lowest BCUT2D eigenvalue weighted by molar-refractivity contribution is -0.132. The second-order valence-corrected chi connectivity index (χ2v) is 7.79. The van der Waals surface area contributed by atoms with Crippen molar-refractivity contribution in [1.82, 2.24) is 14.5 Å². The van der Waals surface area contributed by atoms with E-state index in [-0.39, 0.29) is 12.5 Å². The van der Waals surface area contributed by atoms with E-state index in [2.05, 4.69) is 11.1 Å². The summed E-state index contributed by atoms with van der Waals surface area (Å²) in [6.07, 6.45) is 4.28. The molecule has 0 unspecified atom stereocenters. The zero-order valence-corrected chi connectivity index (χ0v) is 15.9. The Hall–Kier alpha value is -3.07. The number of amides is 1. The van der Waals surface area contributed by atoms with Crippen LogP contribution in [0.5, 0.6) is 0 Å². The summed E-state index contributed by atoms with van der Waals surface area (Å²) in [7, 11) is 0. The molecule has 5 rings (SSSR count). The number of carbonyl (C=O) groups excluding carboxylic acids is 1. The summed E-state index contributed by atoms with van der Waals surface area (Å²) < 4.78 is 7.91. The smallest absolute Gasteiger partial charge is 0.242 e. The van der Waals surface area contributed by atoms with Gasteiger partial charge in [0, 0.05) is 30.0 Å². The molecule has 1 aromatic carbocycles. The van der Waals surface area contributed by atoms with E-state index in [4.69, 9.17) is 4.42 Å². The third-order valence-corrected chi connectivity index (χ3v) is 6.19. The summed E-state index contributed by atoms with van der Waals surface area (Å²) in [4.78, 5) is 19.6. The number of carbonyl (C=O) groups is 1. The molecule has 1 saturated carbocycles. The second-order valence-electron chi connectivity index (χ2n) is 7.79. The lowest BCUT2D eigenvalue weighted by Crippen LogP contribution is -2.38. The van der Waals surface area contributed by atoms with E-state index in [1.54, 1.807) is 0 Å². The molecule has 1 aliphatic carbocycles. The number of fused-ring (bicyclic) bond motifs is 2. The van der Waals surface area contributed by atoms with Crippen LogP contribution in [0.2, 0.25) is 0 Å². The van der Waals surface area contributed by atoms with E-state index < -0.39 is 0 Å². The Morgan fingerprint density at radius 1 is 1.36 bits per heavy atom. The Balaban J connectivity index is 1.38. The quantitative estimate of drug-likeness (QED) is 0.701.